The molecule has 1 heterocycles. The van der Waals surface area contributed by atoms with Gasteiger partial charge in [0.05, 0.1) is 12.2 Å². The van der Waals surface area contributed by atoms with E-state index in [4.69, 9.17) is 4.74 Å². The first kappa shape index (κ1) is 13.9. The van der Waals surface area contributed by atoms with E-state index in [0.29, 0.717) is 23.1 Å². The second kappa shape index (κ2) is 6.07. The zero-order valence-corrected chi connectivity index (χ0v) is 12.1. The molecule has 0 fully saturated rings. The van der Waals surface area contributed by atoms with E-state index >= 15 is 0 Å². The van der Waals surface area contributed by atoms with Gasteiger partial charge in [-0.2, -0.15) is 5.26 Å². The number of nitrogens with one attached hydrogen (secondary N) is 1. The van der Waals surface area contributed by atoms with E-state index in [0.717, 1.165) is 24.8 Å². The maximum atomic E-state index is 11.5. The zero-order chi connectivity index (χ0) is 13.8. The lowest BCUT2D eigenvalue weighted by molar-refractivity contribution is 0.168. The second-order valence-electron chi connectivity index (χ2n) is 4.68. The molecule has 19 heavy (non-hydrogen) atoms. The highest BCUT2D eigenvalue weighted by Crippen LogP contribution is 2.39. The summed E-state index contributed by atoms with van der Waals surface area (Å²) in [6, 6.07) is 2.22. The van der Waals surface area contributed by atoms with Crippen molar-refractivity contribution < 1.29 is 9.53 Å². The van der Waals surface area contributed by atoms with Gasteiger partial charge in [-0.15, -0.1) is 11.3 Å². The van der Waals surface area contributed by atoms with Crippen LogP contribution in [-0.2, 0) is 17.6 Å². The van der Waals surface area contributed by atoms with Crippen LogP contribution in [0.15, 0.2) is 0 Å². The summed E-state index contributed by atoms with van der Waals surface area (Å²) >= 11 is 1.53. The van der Waals surface area contributed by atoms with Gasteiger partial charge in [0, 0.05) is 4.88 Å². The van der Waals surface area contributed by atoms with Crippen molar-refractivity contribution in [3.63, 3.8) is 0 Å². The van der Waals surface area contributed by atoms with Crippen molar-refractivity contribution in [1.82, 2.24) is 0 Å². The molecule has 0 bridgehead atoms. The molecule has 0 saturated carbocycles. The SMILES string of the molecule is CCOC(=O)Nc1sc2c(c1C#N)CCC(CC)C2. The fourth-order valence-corrected chi connectivity index (χ4v) is 3.77. The lowest BCUT2D eigenvalue weighted by Gasteiger charge is -2.20. The molecule has 0 radical (unpaired) electrons. The van der Waals surface area contributed by atoms with Crippen molar-refractivity contribution in [3.05, 3.63) is 16.0 Å². The highest BCUT2D eigenvalue weighted by Gasteiger charge is 2.25. The van der Waals surface area contributed by atoms with Crippen molar-refractivity contribution in [3.8, 4) is 6.07 Å². The van der Waals surface area contributed by atoms with Crippen molar-refractivity contribution in [2.75, 3.05) is 11.9 Å². The molecule has 1 unspecified atom stereocenters. The number of thiophene rings is 1. The smallest absolute Gasteiger partial charge is 0.412 e. The van der Waals surface area contributed by atoms with Crippen LogP contribution in [0.5, 0.6) is 0 Å². The molecule has 1 aromatic rings. The minimum Gasteiger partial charge on any atom is -0.450 e. The Morgan fingerprint density at radius 3 is 3.00 bits per heavy atom. The van der Waals surface area contributed by atoms with Crippen LogP contribution in [0, 0.1) is 17.2 Å². The molecule has 0 aliphatic heterocycles. The van der Waals surface area contributed by atoms with E-state index in [1.807, 2.05) is 0 Å². The third kappa shape index (κ3) is 2.90. The van der Waals surface area contributed by atoms with Crippen LogP contribution in [0.25, 0.3) is 0 Å². The number of amides is 1. The third-order valence-corrected chi connectivity index (χ3v) is 4.72. The zero-order valence-electron chi connectivity index (χ0n) is 11.3. The lowest BCUT2D eigenvalue weighted by atomic mass is 9.86. The molecule has 4 nitrogen and oxygen atoms in total. The Balaban J connectivity index is 2.24. The molecule has 1 aliphatic rings. The Bertz CT molecular complexity index is 516. The van der Waals surface area contributed by atoms with Crippen LogP contribution in [0.4, 0.5) is 9.80 Å². The van der Waals surface area contributed by atoms with Gasteiger partial charge in [-0.3, -0.25) is 5.32 Å². The van der Waals surface area contributed by atoms with Crippen molar-refractivity contribution >= 4 is 22.4 Å². The minimum atomic E-state index is -0.482. The molecular weight excluding hydrogens is 260 g/mol. The fraction of sp³-hybridized carbons (Fsp3) is 0.571. The number of hydrogen-bond acceptors (Lipinski definition) is 4. The minimum absolute atomic E-state index is 0.330. The topological polar surface area (TPSA) is 62.1 Å². The quantitative estimate of drug-likeness (QED) is 0.917. The molecule has 0 saturated heterocycles. The first-order valence-corrected chi connectivity index (χ1v) is 7.49. The first-order chi connectivity index (χ1) is 9.19. The van der Waals surface area contributed by atoms with Gasteiger partial charge < -0.3 is 4.74 Å². The van der Waals surface area contributed by atoms with E-state index in [1.165, 1.54) is 22.6 Å². The second-order valence-corrected chi connectivity index (χ2v) is 5.79. The molecule has 1 aliphatic carbocycles. The molecule has 1 amide bonds. The predicted octanol–water partition coefficient (Wildman–Crippen LogP) is 3.70. The molecule has 1 aromatic heterocycles. The molecule has 0 aromatic carbocycles. The molecule has 1 N–H and O–H groups in total. The summed E-state index contributed by atoms with van der Waals surface area (Å²) in [4.78, 5) is 12.7. The summed E-state index contributed by atoms with van der Waals surface area (Å²) in [7, 11) is 0. The molecule has 5 heteroatoms. The van der Waals surface area contributed by atoms with Crippen molar-refractivity contribution in [2.45, 2.75) is 39.5 Å². The summed E-state index contributed by atoms with van der Waals surface area (Å²) in [6.45, 7) is 4.29. The van der Waals surface area contributed by atoms with E-state index in [1.54, 1.807) is 6.92 Å². The number of anilines is 1. The number of fused-ring (bicyclic) bond motifs is 1. The van der Waals surface area contributed by atoms with Crippen LogP contribution in [0.1, 0.15) is 42.7 Å². The van der Waals surface area contributed by atoms with E-state index in [-0.39, 0.29) is 0 Å². The van der Waals surface area contributed by atoms with Gasteiger partial charge in [0.2, 0.25) is 0 Å². The molecule has 102 valence electrons. The van der Waals surface area contributed by atoms with Gasteiger partial charge in [-0.25, -0.2) is 4.79 Å². The van der Waals surface area contributed by atoms with Crippen LogP contribution < -0.4 is 5.32 Å². The normalized spacial score (nSPS) is 17.4. The molecule has 1 atom stereocenters. The summed E-state index contributed by atoms with van der Waals surface area (Å²) in [5.74, 6) is 0.702. The van der Waals surface area contributed by atoms with Crippen molar-refractivity contribution in [2.24, 2.45) is 5.92 Å². The summed E-state index contributed by atoms with van der Waals surface area (Å²) in [5, 5.41) is 12.6. The summed E-state index contributed by atoms with van der Waals surface area (Å²) in [5.41, 5.74) is 1.76. The number of nitriles is 1. The Morgan fingerprint density at radius 2 is 2.37 bits per heavy atom. The average molecular weight is 278 g/mol. The molecular formula is C14H18N2O2S. The largest absolute Gasteiger partial charge is 0.450 e. The maximum absolute atomic E-state index is 11.5. The van der Waals surface area contributed by atoms with Crippen LogP contribution in [0.3, 0.4) is 0 Å². The van der Waals surface area contributed by atoms with Gasteiger partial charge in [-0.1, -0.05) is 13.3 Å². The van der Waals surface area contributed by atoms with E-state index in [2.05, 4.69) is 18.3 Å². The van der Waals surface area contributed by atoms with E-state index < -0.39 is 6.09 Å². The summed E-state index contributed by atoms with van der Waals surface area (Å²) < 4.78 is 4.87. The number of carbonyl (C=O) groups is 1. The Hall–Kier alpha value is -1.54. The van der Waals surface area contributed by atoms with Gasteiger partial charge in [0.15, 0.2) is 0 Å². The Labute approximate surface area is 117 Å². The lowest BCUT2D eigenvalue weighted by Crippen LogP contribution is -2.13. The number of hydrogen-bond donors (Lipinski definition) is 1. The monoisotopic (exact) mass is 278 g/mol. The van der Waals surface area contributed by atoms with Crippen molar-refractivity contribution in [1.29, 1.82) is 5.26 Å². The third-order valence-electron chi connectivity index (χ3n) is 3.55. The average Bonchev–Trinajstić information content (AvgIpc) is 2.74. The van der Waals surface area contributed by atoms with Crippen LogP contribution in [-0.4, -0.2) is 12.7 Å². The summed E-state index contributed by atoms with van der Waals surface area (Å²) in [6.07, 6.45) is 3.78. The first-order valence-electron chi connectivity index (χ1n) is 6.67. The van der Waals surface area contributed by atoms with Crippen LogP contribution >= 0.6 is 11.3 Å². The van der Waals surface area contributed by atoms with Gasteiger partial charge in [0.1, 0.15) is 11.1 Å². The van der Waals surface area contributed by atoms with Crippen LogP contribution in [0.2, 0.25) is 0 Å². The van der Waals surface area contributed by atoms with Gasteiger partial charge in [0.25, 0.3) is 0 Å². The predicted molar refractivity (Wildman–Crippen MR) is 75.5 cm³/mol. The standard InChI is InChI=1S/C14H18N2O2S/c1-3-9-5-6-10-11(8-15)13(19-12(10)7-9)16-14(17)18-4-2/h9H,3-7H2,1-2H3,(H,16,17). The fourth-order valence-electron chi connectivity index (χ4n) is 2.47. The molecule has 0 spiro atoms. The number of nitrogens with zero attached hydrogens (tertiary/aromatic N) is 1. The Morgan fingerprint density at radius 1 is 1.58 bits per heavy atom. The Kier molecular flexibility index (Phi) is 4.43. The highest BCUT2D eigenvalue weighted by molar-refractivity contribution is 7.16. The number of rotatable bonds is 3. The molecule has 2 rings (SSSR count). The maximum Gasteiger partial charge on any atom is 0.412 e. The van der Waals surface area contributed by atoms with Gasteiger partial charge in [-0.05, 0) is 37.7 Å². The van der Waals surface area contributed by atoms with Gasteiger partial charge >= 0.3 is 6.09 Å². The highest BCUT2D eigenvalue weighted by atomic mass is 32.1. The number of carbonyl (C=O) groups excluding carboxylic acids is 1. The van der Waals surface area contributed by atoms with E-state index in [9.17, 15) is 10.1 Å². The number of ether oxygens (including phenoxy) is 1.